The minimum atomic E-state index is -0.990. The molecule has 1 aliphatic carbocycles. The van der Waals surface area contributed by atoms with Crippen LogP contribution in [-0.2, 0) is 14.3 Å². The van der Waals surface area contributed by atoms with E-state index in [1.807, 2.05) is 36.4 Å². The molecule has 0 aliphatic heterocycles. The van der Waals surface area contributed by atoms with Gasteiger partial charge in [0.2, 0.25) is 5.91 Å². The van der Waals surface area contributed by atoms with E-state index < -0.39 is 29.9 Å². The fraction of sp³-hybridized carbons (Fsp3) is 0.444. The smallest absolute Gasteiger partial charge is 0.407 e. The Labute approximate surface area is 200 Å². The molecule has 7 nitrogen and oxygen atoms in total. The molecule has 0 radical (unpaired) electrons. The Bertz CT molecular complexity index is 998. The van der Waals surface area contributed by atoms with Crippen molar-refractivity contribution in [3.63, 3.8) is 0 Å². The van der Waals surface area contributed by atoms with Gasteiger partial charge in [0.1, 0.15) is 12.6 Å². The molecule has 0 saturated heterocycles. The summed E-state index contributed by atoms with van der Waals surface area (Å²) < 4.78 is 5.59. The maximum absolute atomic E-state index is 12.7. The second-order valence-electron chi connectivity index (χ2n) is 10.1. The highest BCUT2D eigenvalue weighted by Crippen LogP contribution is 2.44. The van der Waals surface area contributed by atoms with Crippen molar-refractivity contribution in [3.8, 4) is 11.1 Å². The predicted octanol–water partition coefficient (Wildman–Crippen LogP) is 4.56. The maximum Gasteiger partial charge on any atom is 0.407 e. The van der Waals surface area contributed by atoms with Crippen LogP contribution in [0.3, 0.4) is 0 Å². The van der Waals surface area contributed by atoms with Gasteiger partial charge < -0.3 is 20.5 Å². The summed E-state index contributed by atoms with van der Waals surface area (Å²) in [6, 6.07) is 15.4. The van der Waals surface area contributed by atoms with Gasteiger partial charge in [0.05, 0.1) is 5.92 Å². The van der Waals surface area contributed by atoms with E-state index in [2.05, 4.69) is 43.5 Å². The Morgan fingerprint density at radius 1 is 1.00 bits per heavy atom. The van der Waals surface area contributed by atoms with E-state index in [1.165, 1.54) is 6.92 Å². The molecule has 0 heterocycles. The molecule has 2 aromatic rings. The van der Waals surface area contributed by atoms with Gasteiger partial charge in [0.15, 0.2) is 0 Å². The summed E-state index contributed by atoms with van der Waals surface area (Å²) >= 11 is 0. The van der Waals surface area contributed by atoms with Gasteiger partial charge in [0.25, 0.3) is 0 Å². The van der Waals surface area contributed by atoms with Crippen molar-refractivity contribution in [2.24, 2.45) is 11.3 Å². The number of hydrogen-bond donors (Lipinski definition) is 3. The van der Waals surface area contributed by atoms with Crippen molar-refractivity contribution in [2.45, 2.75) is 52.5 Å². The zero-order valence-corrected chi connectivity index (χ0v) is 20.3. The Hall–Kier alpha value is -3.35. The summed E-state index contributed by atoms with van der Waals surface area (Å²) in [7, 11) is 0. The molecule has 2 amide bonds. The molecule has 182 valence electrons. The molecule has 0 aromatic heterocycles. The lowest BCUT2D eigenvalue weighted by Crippen LogP contribution is -2.48. The zero-order chi connectivity index (χ0) is 24.9. The Balaban J connectivity index is 1.65. The molecular weight excluding hydrogens is 432 g/mol. The first kappa shape index (κ1) is 25.3. The van der Waals surface area contributed by atoms with Crippen molar-refractivity contribution in [1.82, 2.24) is 10.6 Å². The molecule has 2 unspecified atom stereocenters. The number of amides is 2. The number of benzene rings is 2. The molecule has 0 fully saturated rings. The molecule has 0 spiro atoms. The molecule has 3 rings (SSSR count). The average Bonchev–Trinajstić information content (AvgIpc) is 3.11. The molecule has 0 bridgehead atoms. The van der Waals surface area contributed by atoms with Crippen LogP contribution in [0.1, 0.15) is 57.6 Å². The van der Waals surface area contributed by atoms with Crippen LogP contribution in [0.4, 0.5) is 4.79 Å². The summed E-state index contributed by atoms with van der Waals surface area (Å²) in [5, 5.41) is 14.4. The van der Waals surface area contributed by atoms with Crippen LogP contribution < -0.4 is 10.6 Å². The second-order valence-corrected chi connectivity index (χ2v) is 10.1. The number of carboxylic acid groups (broad SMARTS) is 1. The van der Waals surface area contributed by atoms with Crippen molar-refractivity contribution in [2.75, 3.05) is 13.2 Å². The third kappa shape index (κ3) is 6.37. The van der Waals surface area contributed by atoms with Crippen LogP contribution in [0.5, 0.6) is 0 Å². The summed E-state index contributed by atoms with van der Waals surface area (Å²) in [4.78, 5) is 36.5. The SMILES string of the molecule is CC(CNC(=O)C(CCC(C)(C)C)NC(=O)OCC1c2ccccc2-c2ccccc21)C(=O)O. The lowest BCUT2D eigenvalue weighted by atomic mass is 9.88. The number of carbonyl (C=O) groups excluding carboxylic acids is 2. The summed E-state index contributed by atoms with van der Waals surface area (Å²) in [6.07, 6.45) is 0.451. The fourth-order valence-corrected chi connectivity index (χ4v) is 4.09. The van der Waals surface area contributed by atoms with E-state index in [0.717, 1.165) is 22.3 Å². The lowest BCUT2D eigenvalue weighted by molar-refractivity contribution is -0.141. The van der Waals surface area contributed by atoms with E-state index in [9.17, 15) is 14.4 Å². The van der Waals surface area contributed by atoms with Gasteiger partial charge in [-0.2, -0.15) is 0 Å². The second kappa shape index (κ2) is 10.7. The number of fused-ring (bicyclic) bond motifs is 3. The van der Waals surface area contributed by atoms with Crippen molar-refractivity contribution >= 4 is 18.0 Å². The minimum Gasteiger partial charge on any atom is -0.481 e. The van der Waals surface area contributed by atoms with Gasteiger partial charge in [-0.3, -0.25) is 9.59 Å². The lowest BCUT2D eigenvalue weighted by Gasteiger charge is -2.24. The van der Waals surface area contributed by atoms with Gasteiger partial charge in [-0.15, -0.1) is 0 Å². The van der Waals surface area contributed by atoms with Crippen LogP contribution >= 0.6 is 0 Å². The van der Waals surface area contributed by atoms with Crippen LogP contribution in [0.2, 0.25) is 0 Å². The van der Waals surface area contributed by atoms with Crippen molar-refractivity contribution in [1.29, 1.82) is 0 Å². The monoisotopic (exact) mass is 466 g/mol. The van der Waals surface area contributed by atoms with Gasteiger partial charge in [-0.05, 0) is 40.5 Å². The molecule has 2 aromatic carbocycles. The fourth-order valence-electron chi connectivity index (χ4n) is 4.09. The molecule has 0 saturated carbocycles. The highest BCUT2D eigenvalue weighted by molar-refractivity contribution is 5.86. The zero-order valence-electron chi connectivity index (χ0n) is 20.3. The number of alkyl carbamates (subject to hydrolysis) is 1. The topological polar surface area (TPSA) is 105 Å². The summed E-state index contributed by atoms with van der Waals surface area (Å²) in [5.74, 6) is -2.19. The normalized spacial score (nSPS) is 14.5. The largest absolute Gasteiger partial charge is 0.481 e. The Morgan fingerprint density at radius 2 is 1.56 bits per heavy atom. The Morgan fingerprint density at radius 3 is 2.09 bits per heavy atom. The van der Waals surface area contributed by atoms with Crippen LogP contribution in [-0.4, -0.2) is 42.3 Å². The van der Waals surface area contributed by atoms with Crippen LogP contribution in [0.25, 0.3) is 11.1 Å². The number of carboxylic acids is 1. The first-order valence-electron chi connectivity index (χ1n) is 11.7. The Kier molecular flexibility index (Phi) is 7.97. The van der Waals surface area contributed by atoms with E-state index in [4.69, 9.17) is 9.84 Å². The standard InChI is InChI=1S/C27H34N2O5/c1-17(25(31)32)15-28-24(30)23(13-14-27(2,3)4)29-26(33)34-16-22-20-11-7-5-9-18(20)19-10-6-8-12-21(19)22/h5-12,17,22-23H,13-16H2,1-4H3,(H,28,30)(H,29,33)(H,31,32). The highest BCUT2D eigenvalue weighted by Gasteiger charge is 2.30. The van der Waals surface area contributed by atoms with Gasteiger partial charge in [-0.25, -0.2) is 4.79 Å². The van der Waals surface area contributed by atoms with Crippen molar-refractivity contribution in [3.05, 3.63) is 59.7 Å². The number of hydrogen-bond acceptors (Lipinski definition) is 4. The number of rotatable bonds is 9. The molecule has 1 aliphatic rings. The predicted molar refractivity (Wildman–Crippen MR) is 130 cm³/mol. The van der Waals surface area contributed by atoms with Gasteiger partial charge in [-0.1, -0.05) is 76.2 Å². The number of ether oxygens (including phenoxy) is 1. The van der Waals surface area contributed by atoms with E-state index in [1.54, 1.807) is 0 Å². The van der Waals surface area contributed by atoms with E-state index in [-0.39, 0.29) is 24.5 Å². The number of carbonyl (C=O) groups is 3. The first-order chi connectivity index (χ1) is 16.1. The molecule has 34 heavy (non-hydrogen) atoms. The average molecular weight is 467 g/mol. The first-order valence-corrected chi connectivity index (χ1v) is 11.7. The van der Waals surface area contributed by atoms with Crippen LogP contribution in [0.15, 0.2) is 48.5 Å². The quantitative estimate of drug-likeness (QED) is 0.503. The number of nitrogens with one attached hydrogen (secondary N) is 2. The third-order valence-corrected chi connectivity index (χ3v) is 6.14. The number of aliphatic carboxylic acids is 1. The van der Waals surface area contributed by atoms with Crippen LogP contribution in [0, 0.1) is 11.3 Å². The molecule has 7 heteroatoms. The highest BCUT2D eigenvalue weighted by atomic mass is 16.5. The van der Waals surface area contributed by atoms with Gasteiger partial charge >= 0.3 is 12.1 Å². The maximum atomic E-state index is 12.7. The van der Waals surface area contributed by atoms with Crippen molar-refractivity contribution < 1.29 is 24.2 Å². The summed E-state index contributed by atoms with van der Waals surface area (Å²) in [6.45, 7) is 7.84. The minimum absolute atomic E-state index is 0.00739. The van der Waals surface area contributed by atoms with E-state index >= 15 is 0 Å². The van der Waals surface area contributed by atoms with Gasteiger partial charge in [0, 0.05) is 12.5 Å². The molecule has 2 atom stereocenters. The third-order valence-electron chi connectivity index (χ3n) is 6.14. The molecular formula is C27H34N2O5. The summed E-state index contributed by atoms with van der Waals surface area (Å²) in [5.41, 5.74) is 4.47. The van der Waals surface area contributed by atoms with E-state index in [0.29, 0.717) is 12.8 Å². The molecule has 3 N–H and O–H groups in total.